The fraction of sp³-hybridized carbons (Fsp3) is 0.0385. The third kappa shape index (κ3) is 4.83. The summed E-state index contributed by atoms with van der Waals surface area (Å²) in [5, 5.41) is 10.6. The Morgan fingerprint density at radius 2 is 1.04 bits per heavy atom. The summed E-state index contributed by atoms with van der Waals surface area (Å²) in [6.45, 7) is 4.98. The average molecular weight is 704 g/mol. The van der Waals surface area contributed by atoms with Crippen LogP contribution in [0.15, 0.2) is 194 Å². The molecule has 2 bridgehead atoms. The van der Waals surface area contributed by atoms with Crippen LogP contribution < -0.4 is 10.1 Å². The van der Waals surface area contributed by atoms with E-state index in [0.717, 1.165) is 55.9 Å². The second-order valence-electron chi connectivity index (χ2n) is 14.5. The molecule has 11 rings (SSSR count). The quantitative estimate of drug-likeness (QED) is 0.174. The van der Waals surface area contributed by atoms with Crippen molar-refractivity contribution in [1.82, 2.24) is 9.13 Å². The summed E-state index contributed by atoms with van der Waals surface area (Å²) in [6.07, 6.45) is 9.81. The monoisotopic (exact) mass is 703 g/mol. The van der Waals surface area contributed by atoms with Gasteiger partial charge in [0.15, 0.2) is 0 Å². The number of nitrogens with zero attached hydrogens (tertiary/aromatic N) is 3. The average Bonchev–Trinajstić information content (AvgIpc) is 3.58. The first-order valence-electron chi connectivity index (χ1n) is 19.1. The van der Waals surface area contributed by atoms with Crippen LogP contribution in [0.25, 0.3) is 83.1 Å². The van der Waals surface area contributed by atoms with Crippen molar-refractivity contribution in [1.29, 1.82) is 0 Å². The molecule has 0 amide bonds. The molecule has 55 heavy (non-hydrogen) atoms. The van der Waals surface area contributed by atoms with Gasteiger partial charge in [-0.05, 0) is 117 Å². The van der Waals surface area contributed by atoms with E-state index < -0.39 is 0 Å². The lowest BCUT2D eigenvalue weighted by Crippen LogP contribution is -2.29. The third-order valence-corrected chi connectivity index (χ3v) is 11.5. The van der Waals surface area contributed by atoms with Gasteiger partial charge in [0.05, 0.1) is 28.1 Å². The molecule has 1 atom stereocenters. The Bertz CT molecular complexity index is 3240. The number of allylic oxidation sites excluding steroid dienone is 2. The van der Waals surface area contributed by atoms with Crippen LogP contribution in [-0.4, -0.2) is 15.2 Å². The zero-order chi connectivity index (χ0) is 36.5. The van der Waals surface area contributed by atoms with E-state index in [-0.39, 0.29) is 6.04 Å². The van der Waals surface area contributed by atoms with Gasteiger partial charge in [0, 0.05) is 38.9 Å². The molecule has 0 N–H and O–H groups in total. The van der Waals surface area contributed by atoms with Crippen molar-refractivity contribution in [3.8, 4) is 11.4 Å². The normalized spacial score (nSPS) is 14.2. The fourth-order valence-electron chi connectivity index (χ4n) is 9.14. The predicted molar refractivity (Wildman–Crippen MR) is 235 cm³/mol. The summed E-state index contributed by atoms with van der Waals surface area (Å²) in [7, 11) is 0. The molecule has 1 aliphatic carbocycles. The fourth-order valence-corrected chi connectivity index (χ4v) is 9.14. The van der Waals surface area contributed by atoms with Gasteiger partial charge in [-0.3, -0.25) is 0 Å². The molecule has 0 radical (unpaired) electrons. The van der Waals surface area contributed by atoms with E-state index in [1.807, 2.05) is 0 Å². The van der Waals surface area contributed by atoms with E-state index in [1.54, 1.807) is 0 Å². The van der Waals surface area contributed by atoms with Crippen LogP contribution in [-0.2, 0) is 0 Å². The largest absolute Gasteiger partial charge is 0.334 e. The molecule has 0 saturated carbocycles. The highest BCUT2D eigenvalue weighted by Crippen LogP contribution is 2.42. The number of rotatable bonds is 5. The zero-order valence-corrected chi connectivity index (χ0v) is 30.3. The molecule has 0 fully saturated rings. The minimum Gasteiger partial charge on any atom is -0.334 e. The molecule has 10 aromatic rings. The lowest BCUT2D eigenvalue weighted by molar-refractivity contribution is 0.785. The molecule has 0 saturated heterocycles. The van der Waals surface area contributed by atoms with Gasteiger partial charge in [0.25, 0.3) is 0 Å². The second-order valence-corrected chi connectivity index (χ2v) is 14.5. The van der Waals surface area contributed by atoms with Gasteiger partial charge in [-0.1, -0.05) is 122 Å². The highest BCUT2D eigenvalue weighted by Gasteiger charge is 2.22. The van der Waals surface area contributed by atoms with Gasteiger partial charge in [-0.15, -0.1) is 0 Å². The number of anilines is 2. The molecule has 260 valence electrons. The molecular formula is C52H37N3. The number of fused-ring (bicyclic) bond motifs is 5. The number of benzene rings is 7. The Balaban J connectivity index is 1.28. The van der Waals surface area contributed by atoms with Crippen LogP contribution in [0.1, 0.15) is 6.42 Å². The van der Waals surface area contributed by atoms with Crippen molar-refractivity contribution < 1.29 is 0 Å². The van der Waals surface area contributed by atoms with Crippen molar-refractivity contribution in [3.63, 3.8) is 0 Å². The van der Waals surface area contributed by atoms with Gasteiger partial charge < -0.3 is 14.0 Å². The van der Waals surface area contributed by atoms with Crippen LogP contribution in [0.4, 0.5) is 11.4 Å². The van der Waals surface area contributed by atoms with Crippen LogP contribution in [0, 0.1) is 0 Å². The van der Waals surface area contributed by atoms with Gasteiger partial charge in [0.1, 0.15) is 0 Å². The summed E-state index contributed by atoms with van der Waals surface area (Å²) in [4.78, 5) is 2.45. The van der Waals surface area contributed by atoms with Gasteiger partial charge in [0.2, 0.25) is 0 Å². The predicted octanol–water partition coefficient (Wildman–Crippen LogP) is 12.9. The van der Waals surface area contributed by atoms with E-state index >= 15 is 0 Å². The Morgan fingerprint density at radius 3 is 1.80 bits per heavy atom. The van der Waals surface area contributed by atoms with E-state index in [4.69, 9.17) is 6.58 Å². The standard InChI is InChI=1S/C52H37N3/c1-35-45-34-36-16-11-14-26-46(36)54(41-30-28-40(29-31-41)53(37-17-5-2-6-18-37)38-19-7-3-8-20-38)48-32-33-49-52(50(35)48)51-44(42-23-12-13-24-43(42)45)25-15-27-47(51)55(49)39-21-9-4-10-22-39/h2-19,21-34,38H,1,20H2. The molecule has 3 nitrogen and oxygen atoms in total. The summed E-state index contributed by atoms with van der Waals surface area (Å²) < 4.78 is 4.88. The van der Waals surface area contributed by atoms with Crippen molar-refractivity contribution in [2.75, 3.05) is 4.90 Å². The van der Waals surface area contributed by atoms with Gasteiger partial charge >= 0.3 is 0 Å². The molecule has 1 aliphatic rings. The lowest BCUT2D eigenvalue weighted by atomic mass is 9.95. The first-order valence-corrected chi connectivity index (χ1v) is 19.1. The minimum absolute atomic E-state index is 0.228. The summed E-state index contributed by atoms with van der Waals surface area (Å²) >= 11 is 0. The maximum Gasteiger partial charge on any atom is 0.0559 e. The van der Waals surface area contributed by atoms with Gasteiger partial charge in [-0.2, -0.15) is 0 Å². The van der Waals surface area contributed by atoms with Gasteiger partial charge in [-0.25, -0.2) is 0 Å². The van der Waals surface area contributed by atoms with Crippen molar-refractivity contribution >= 4 is 83.1 Å². The Kier molecular flexibility index (Phi) is 7.14. The number of hydrogen-bond acceptors (Lipinski definition) is 1. The second kappa shape index (κ2) is 12.5. The molecule has 3 heteroatoms. The Labute approximate surface area is 319 Å². The first-order chi connectivity index (χ1) is 27.2. The SMILES string of the molecule is C=c1c2cc3ccccc3n(-c3ccc(N(c4ccccc4)C4C=CC=CC4)cc3)c3ccc4c(c13)c1c(cccc1n4-c1ccccc1)c1ccccc21. The summed E-state index contributed by atoms with van der Waals surface area (Å²) in [6, 6.07) is 62.3. The van der Waals surface area contributed by atoms with Crippen LogP contribution >= 0.6 is 0 Å². The third-order valence-electron chi connectivity index (χ3n) is 11.5. The summed E-state index contributed by atoms with van der Waals surface area (Å²) in [5.41, 5.74) is 9.18. The maximum atomic E-state index is 4.98. The van der Waals surface area contributed by atoms with Crippen LogP contribution in [0.5, 0.6) is 0 Å². The molecule has 0 aliphatic heterocycles. The smallest absolute Gasteiger partial charge is 0.0559 e. The summed E-state index contributed by atoms with van der Waals surface area (Å²) in [5.74, 6) is 0. The molecule has 1 unspecified atom stereocenters. The van der Waals surface area contributed by atoms with Crippen molar-refractivity contribution in [2.24, 2.45) is 0 Å². The van der Waals surface area contributed by atoms with E-state index in [1.165, 1.54) is 43.7 Å². The number of hydrogen-bond donors (Lipinski definition) is 0. The van der Waals surface area contributed by atoms with E-state index in [2.05, 4.69) is 208 Å². The molecule has 2 aromatic heterocycles. The highest BCUT2D eigenvalue weighted by molar-refractivity contribution is 6.31. The van der Waals surface area contributed by atoms with Crippen LogP contribution in [0.2, 0.25) is 0 Å². The van der Waals surface area contributed by atoms with Crippen LogP contribution in [0.3, 0.4) is 0 Å². The van der Waals surface area contributed by atoms with Crippen molar-refractivity contribution in [3.05, 3.63) is 199 Å². The maximum absolute atomic E-state index is 4.98. The van der Waals surface area contributed by atoms with Crippen molar-refractivity contribution in [2.45, 2.75) is 12.5 Å². The lowest BCUT2D eigenvalue weighted by Gasteiger charge is -2.32. The first kappa shape index (κ1) is 31.4. The Morgan fingerprint density at radius 1 is 0.455 bits per heavy atom. The van der Waals surface area contributed by atoms with E-state index in [9.17, 15) is 0 Å². The highest BCUT2D eigenvalue weighted by atomic mass is 15.2. The minimum atomic E-state index is 0.228. The topological polar surface area (TPSA) is 13.1 Å². The molecule has 0 spiro atoms. The Hall–Kier alpha value is -7.10. The molecule has 8 aromatic carbocycles. The van der Waals surface area contributed by atoms with E-state index in [0.29, 0.717) is 0 Å². The zero-order valence-electron chi connectivity index (χ0n) is 30.3. The number of para-hydroxylation sites is 3. The number of aromatic nitrogens is 2. The molecular weight excluding hydrogens is 667 g/mol. The molecule has 2 heterocycles.